The van der Waals surface area contributed by atoms with E-state index in [-0.39, 0.29) is 60.8 Å². The molecule has 0 aromatic carbocycles. The maximum absolute atomic E-state index is 13.2. The first kappa shape index (κ1) is 23.5. The second kappa shape index (κ2) is 8.09. The van der Waals surface area contributed by atoms with Gasteiger partial charge in [0.2, 0.25) is 0 Å². The van der Waals surface area contributed by atoms with Crippen LogP contribution in [-0.4, -0.2) is 34.8 Å². The third-order valence-corrected chi connectivity index (χ3v) is 9.18. The number of hydrogen-bond acceptors (Lipinski definition) is 6. The van der Waals surface area contributed by atoms with E-state index in [4.69, 9.17) is 10.5 Å². The molecule has 0 amide bonds. The van der Waals surface area contributed by atoms with E-state index in [1.807, 2.05) is 6.92 Å². The minimum Gasteiger partial charge on any atom is -0.459 e. The Bertz CT molecular complexity index is 743. The number of Topliss-reactive ketones (excluding diaryl/α,β-unsaturated/α-hetero) is 1. The number of hydrogen-bond donors (Lipinski definition) is 2. The molecule has 0 spiro atoms. The van der Waals surface area contributed by atoms with Crippen molar-refractivity contribution >= 4 is 29.9 Å². The summed E-state index contributed by atoms with van der Waals surface area (Å²) in [6.45, 7) is 6.64. The summed E-state index contributed by atoms with van der Waals surface area (Å²) in [5.41, 5.74) is 5.26. The average Bonchev–Trinajstić information content (AvgIpc) is 2.86. The Morgan fingerprint density at radius 3 is 2.63 bits per heavy atom. The van der Waals surface area contributed by atoms with Crippen molar-refractivity contribution in [2.75, 3.05) is 6.54 Å². The summed E-state index contributed by atoms with van der Waals surface area (Å²) in [7, 11) is 0. The Morgan fingerprint density at radius 2 is 1.97 bits per heavy atom. The highest BCUT2D eigenvalue weighted by atomic mass is 35.5. The third-order valence-electron chi connectivity index (χ3n) is 9.18. The number of esters is 1. The Labute approximate surface area is 185 Å². The number of carbonyl (C=O) groups is 2. The van der Waals surface area contributed by atoms with Crippen molar-refractivity contribution in [3.8, 4) is 0 Å². The zero-order valence-electron chi connectivity index (χ0n) is 18.5. The van der Waals surface area contributed by atoms with Gasteiger partial charge < -0.3 is 15.7 Å². The Balaban J connectivity index is 0.00000256. The fraction of sp³-hybridized carbons (Fsp3) is 0.870. The summed E-state index contributed by atoms with van der Waals surface area (Å²) in [5, 5.41) is 13.6. The van der Waals surface area contributed by atoms with Crippen molar-refractivity contribution in [3.05, 3.63) is 0 Å². The second-order valence-electron chi connectivity index (χ2n) is 10.7. The van der Waals surface area contributed by atoms with E-state index >= 15 is 0 Å². The van der Waals surface area contributed by atoms with E-state index in [0.29, 0.717) is 18.3 Å². The lowest BCUT2D eigenvalue weighted by Gasteiger charge is -2.60. The van der Waals surface area contributed by atoms with Crippen LogP contribution in [-0.2, 0) is 14.3 Å². The standard InChI is InChI=1S/C23H36N2O4.ClH/c1-21-9-5-4-6-16(21)17(25-28)12-14-15(21)7-10-22(2)18(26)13-23(3,20(14)22)29-19(27)8-11-24;/h14-16,20,28H,4-13,24H2,1-3H3;1H/b25-17+;/t14-,15+,16-,20-,21-,22-,23+;/m1./s1. The largest absolute Gasteiger partial charge is 0.459 e. The number of carbonyl (C=O) groups excluding carboxylic acids is 2. The topological polar surface area (TPSA) is 102 Å². The van der Waals surface area contributed by atoms with E-state index < -0.39 is 11.0 Å². The first-order chi connectivity index (χ1) is 13.7. The first-order valence-corrected chi connectivity index (χ1v) is 11.4. The molecule has 4 fully saturated rings. The molecule has 170 valence electrons. The SMILES string of the molecule is C[C@]12CCCC[C@@H]1/C(=N/O)C[C@@H]1[C@@H]2CC[C@]2(C)C(=O)C[C@](C)(OC(=O)CCN)[C@H]12.Cl. The van der Waals surface area contributed by atoms with Crippen LogP contribution < -0.4 is 5.73 Å². The average molecular weight is 441 g/mol. The molecular formula is C23H37ClN2O4. The number of halogens is 1. The maximum Gasteiger partial charge on any atom is 0.307 e. The summed E-state index contributed by atoms with van der Waals surface area (Å²) < 4.78 is 5.99. The number of oxime groups is 1. The van der Waals surface area contributed by atoms with E-state index in [1.165, 1.54) is 12.8 Å². The molecule has 7 heteroatoms. The van der Waals surface area contributed by atoms with E-state index in [9.17, 15) is 14.8 Å². The molecule has 4 rings (SSSR count). The van der Waals surface area contributed by atoms with Crippen LogP contribution in [0.3, 0.4) is 0 Å². The van der Waals surface area contributed by atoms with Gasteiger partial charge in [-0.1, -0.05) is 31.8 Å². The van der Waals surface area contributed by atoms with Crippen LogP contribution >= 0.6 is 12.4 Å². The molecule has 7 atom stereocenters. The number of ether oxygens (including phenoxy) is 1. The number of ketones is 1. The van der Waals surface area contributed by atoms with Crippen LogP contribution in [0.1, 0.15) is 78.6 Å². The minimum atomic E-state index is -0.806. The smallest absolute Gasteiger partial charge is 0.307 e. The molecular weight excluding hydrogens is 404 g/mol. The molecule has 6 nitrogen and oxygen atoms in total. The Morgan fingerprint density at radius 1 is 1.23 bits per heavy atom. The van der Waals surface area contributed by atoms with Gasteiger partial charge in [0.1, 0.15) is 11.4 Å². The number of rotatable bonds is 3. The summed E-state index contributed by atoms with van der Waals surface area (Å²) >= 11 is 0. The molecule has 4 aliphatic rings. The van der Waals surface area contributed by atoms with Crippen molar-refractivity contribution in [2.45, 2.75) is 84.2 Å². The zero-order valence-corrected chi connectivity index (χ0v) is 19.3. The van der Waals surface area contributed by atoms with Gasteiger partial charge in [0.25, 0.3) is 0 Å². The van der Waals surface area contributed by atoms with Crippen molar-refractivity contribution in [2.24, 2.45) is 45.4 Å². The van der Waals surface area contributed by atoms with Gasteiger partial charge in [-0.05, 0) is 56.3 Å². The van der Waals surface area contributed by atoms with E-state index in [0.717, 1.165) is 31.4 Å². The normalized spacial score (nSPS) is 46.4. The van der Waals surface area contributed by atoms with E-state index in [1.54, 1.807) is 0 Å². The Kier molecular flexibility index (Phi) is 6.34. The van der Waals surface area contributed by atoms with Crippen LogP contribution in [0.25, 0.3) is 0 Å². The van der Waals surface area contributed by atoms with Crippen molar-refractivity contribution in [3.63, 3.8) is 0 Å². The van der Waals surface area contributed by atoms with Gasteiger partial charge in [-0.25, -0.2) is 0 Å². The molecule has 0 heterocycles. The number of nitrogens with zero attached hydrogens (tertiary/aromatic N) is 1. The highest BCUT2D eigenvalue weighted by Gasteiger charge is 2.68. The minimum absolute atomic E-state index is 0. The van der Waals surface area contributed by atoms with Crippen LogP contribution in [0.5, 0.6) is 0 Å². The van der Waals surface area contributed by atoms with Gasteiger partial charge >= 0.3 is 5.97 Å². The monoisotopic (exact) mass is 440 g/mol. The molecule has 0 radical (unpaired) electrons. The molecule has 0 aromatic rings. The second-order valence-corrected chi connectivity index (χ2v) is 10.7. The van der Waals surface area contributed by atoms with Crippen LogP contribution in [0.2, 0.25) is 0 Å². The fourth-order valence-electron chi connectivity index (χ4n) is 8.05. The number of nitrogens with two attached hydrogens (primary N) is 1. The van der Waals surface area contributed by atoms with Crippen molar-refractivity contribution < 1.29 is 19.5 Å². The summed E-state index contributed by atoms with van der Waals surface area (Å²) in [6, 6.07) is 0. The van der Waals surface area contributed by atoms with E-state index in [2.05, 4.69) is 19.0 Å². The zero-order chi connectivity index (χ0) is 21.0. The van der Waals surface area contributed by atoms with Crippen LogP contribution in [0, 0.1) is 34.5 Å². The highest BCUT2D eigenvalue weighted by Crippen LogP contribution is 2.67. The van der Waals surface area contributed by atoms with Crippen molar-refractivity contribution in [1.82, 2.24) is 0 Å². The molecule has 3 N–H and O–H groups in total. The molecule has 0 bridgehead atoms. The van der Waals surface area contributed by atoms with Gasteiger partial charge in [-0.2, -0.15) is 0 Å². The molecule has 4 aliphatic carbocycles. The Hall–Kier alpha value is -1.14. The fourth-order valence-corrected chi connectivity index (χ4v) is 8.05. The summed E-state index contributed by atoms with van der Waals surface area (Å²) in [5.74, 6) is 0.843. The predicted octanol–water partition coefficient (Wildman–Crippen LogP) is 4.11. The maximum atomic E-state index is 13.2. The van der Waals surface area contributed by atoms with Gasteiger partial charge in [-0.15, -0.1) is 12.4 Å². The summed E-state index contributed by atoms with van der Waals surface area (Å²) in [4.78, 5) is 25.6. The molecule has 0 aromatic heterocycles. The lowest BCUT2D eigenvalue weighted by atomic mass is 9.44. The van der Waals surface area contributed by atoms with Gasteiger partial charge in [0.15, 0.2) is 0 Å². The highest BCUT2D eigenvalue weighted by molar-refractivity contribution is 5.91. The first-order valence-electron chi connectivity index (χ1n) is 11.4. The molecule has 4 saturated carbocycles. The van der Waals surface area contributed by atoms with Crippen molar-refractivity contribution in [1.29, 1.82) is 0 Å². The van der Waals surface area contributed by atoms with Gasteiger partial charge in [-0.3, -0.25) is 9.59 Å². The molecule has 0 unspecified atom stereocenters. The van der Waals surface area contributed by atoms with Crippen LogP contribution in [0.15, 0.2) is 5.16 Å². The van der Waals surface area contributed by atoms with Gasteiger partial charge in [0, 0.05) is 30.2 Å². The van der Waals surface area contributed by atoms with Gasteiger partial charge in [0.05, 0.1) is 12.1 Å². The predicted molar refractivity (Wildman–Crippen MR) is 117 cm³/mol. The molecule has 0 saturated heterocycles. The summed E-state index contributed by atoms with van der Waals surface area (Å²) in [6.07, 6.45) is 7.66. The van der Waals surface area contributed by atoms with Crippen LogP contribution in [0.4, 0.5) is 0 Å². The lowest BCUT2D eigenvalue weighted by molar-refractivity contribution is -0.176. The third kappa shape index (κ3) is 3.29. The molecule has 0 aliphatic heterocycles. The molecule has 30 heavy (non-hydrogen) atoms. The lowest BCUT2D eigenvalue weighted by Crippen LogP contribution is -2.59. The number of fused-ring (bicyclic) bond motifs is 5. The quantitative estimate of drug-likeness (QED) is 0.390.